The average molecular weight is 495 g/mol. The highest BCUT2D eigenvalue weighted by molar-refractivity contribution is 7.99. The molecular formula is C25H23ClN4O3S. The molecule has 0 bridgehead atoms. The van der Waals surface area contributed by atoms with Crippen molar-refractivity contribution >= 4 is 46.5 Å². The molecule has 0 atom stereocenters. The zero-order chi connectivity index (χ0) is 23.9. The van der Waals surface area contributed by atoms with Crippen molar-refractivity contribution in [3.05, 3.63) is 82.9 Å². The van der Waals surface area contributed by atoms with E-state index in [1.54, 1.807) is 32.4 Å². The second-order valence-electron chi connectivity index (χ2n) is 7.29. The van der Waals surface area contributed by atoms with Crippen molar-refractivity contribution in [2.24, 2.45) is 5.10 Å². The number of imidazole rings is 1. The molecule has 3 aromatic carbocycles. The van der Waals surface area contributed by atoms with Crippen LogP contribution in [0.3, 0.4) is 0 Å². The van der Waals surface area contributed by atoms with Crippen molar-refractivity contribution in [1.82, 2.24) is 15.0 Å². The number of nitrogens with zero attached hydrogens (tertiary/aromatic N) is 3. The molecule has 0 aliphatic rings. The summed E-state index contributed by atoms with van der Waals surface area (Å²) >= 11 is 7.38. The molecule has 4 aromatic rings. The van der Waals surface area contributed by atoms with E-state index in [1.165, 1.54) is 18.0 Å². The number of nitrogens with one attached hydrogen (secondary N) is 1. The Morgan fingerprint density at radius 1 is 1.12 bits per heavy atom. The number of carbonyl (C=O) groups excluding carboxylic acids is 1. The molecule has 1 aromatic heterocycles. The van der Waals surface area contributed by atoms with Gasteiger partial charge in [0.1, 0.15) is 11.5 Å². The average Bonchev–Trinajstić information content (AvgIpc) is 3.21. The molecule has 0 fully saturated rings. The van der Waals surface area contributed by atoms with Crippen molar-refractivity contribution in [2.45, 2.75) is 11.7 Å². The zero-order valence-corrected chi connectivity index (χ0v) is 20.3. The quantitative estimate of drug-likeness (QED) is 0.201. The number of hydrazone groups is 1. The second-order valence-corrected chi connectivity index (χ2v) is 8.66. The lowest BCUT2D eigenvalue weighted by molar-refractivity contribution is -0.118. The molecule has 1 heterocycles. The van der Waals surface area contributed by atoms with Gasteiger partial charge in [-0.05, 0) is 48.0 Å². The number of ether oxygens (including phenoxy) is 2. The zero-order valence-electron chi connectivity index (χ0n) is 18.7. The summed E-state index contributed by atoms with van der Waals surface area (Å²) in [4.78, 5) is 17.2. The molecule has 0 aliphatic carbocycles. The molecule has 0 radical (unpaired) electrons. The lowest BCUT2D eigenvalue weighted by Gasteiger charge is -2.09. The summed E-state index contributed by atoms with van der Waals surface area (Å²) in [7, 11) is 3.16. The molecule has 0 saturated carbocycles. The number of rotatable bonds is 9. The fraction of sp³-hybridized carbons (Fsp3) is 0.160. The number of fused-ring (bicyclic) bond motifs is 1. The van der Waals surface area contributed by atoms with E-state index in [-0.39, 0.29) is 11.7 Å². The van der Waals surface area contributed by atoms with Gasteiger partial charge in [0, 0.05) is 10.6 Å². The van der Waals surface area contributed by atoms with Crippen molar-refractivity contribution < 1.29 is 14.3 Å². The minimum atomic E-state index is -0.242. The molecule has 4 rings (SSSR count). The Morgan fingerprint density at radius 2 is 1.91 bits per heavy atom. The van der Waals surface area contributed by atoms with E-state index in [1.807, 2.05) is 48.5 Å². The van der Waals surface area contributed by atoms with Crippen molar-refractivity contribution in [2.75, 3.05) is 20.0 Å². The van der Waals surface area contributed by atoms with Crippen LogP contribution in [0.25, 0.3) is 11.0 Å². The maximum absolute atomic E-state index is 12.5. The number of methoxy groups -OCH3 is 2. The minimum absolute atomic E-state index is 0.163. The van der Waals surface area contributed by atoms with Crippen LogP contribution in [0.2, 0.25) is 5.02 Å². The van der Waals surface area contributed by atoms with Crippen molar-refractivity contribution in [3.8, 4) is 11.5 Å². The Balaban J connectivity index is 1.44. The summed E-state index contributed by atoms with van der Waals surface area (Å²) in [5.74, 6) is 1.22. The van der Waals surface area contributed by atoms with Gasteiger partial charge in [-0.15, -0.1) is 0 Å². The third-order valence-electron chi connectivity index (χ3n) is 5.04. The van der Waals surface area contributed by atoms with E-state index in [0.717, 1.165) is 21.8 Å². The number of halogens is 1. The van der Waals surface area contributed by atoms with Crippen LogP contribution in [0.5, 0.6) is 11.5 Å². The van der Waals surface area contributed by atoms with Crippen LogP contribution < -0.4 is 14.9 Å². The van der Waals surface area contributed by atoms with Gasteiger partial charge in [-0.1, -0.05) is 47.6 Å². The van der Waals surface area contributed by atoms with Gasteiger partial charge in [0.2, 0.25) is 0 Å². The fourth-order valence-electron chi connectivity index (χ4n) is 3.37. The van der Waals surface area contributed by atoms with Gasteiger partial charge in [-0.3, -0.25) is 4.79 Å². The molecule has 0 saturated heterocycles. The minimum Gasteiger partial charge on any atom is -0.497 e. The van der Waals surface area contributed by atoms with Crippen LogP contribution in [-0.2, 0) is 11.3 Å². The van der Waals surface area contributed by atoms with Crippen LogP contribution >= 0.6 is 23.4 Å². The molecule has 9 heteroatoms. The van der Waals surface area contributed by atoms with Gasteiger partial charge in [-0.25, -0.2) is 10.4 Å². The monoisotopic (exact) mass is 494 g/mol. The molecular weight excluding hydrogens is 472 g/mol. The SMILES string of the molecule is COc1ccc(OC)c(/C=N\NC(=O)CSc2nc3ccccc3n2Cc2ccc(Cl)cc2)c1. The topological polar surface area (TPSA) is 77.7 Å². The fourth-order valence-corrected chi connectivity index (χ4v) is 4.30. The number of para-hydroxylation sites is 2. The normalized spacial score (nSPS) is 11.1. The number of hydrogen-bond acceptors (Lipinski definition) is 6. The van der Waals surface area contributed by atoms with Gasteiger partial charge in [0.05, 0.1) is 43.8 Å². The molecule has 1 N–H and O–H groups in total. The highest BCUT2D eigenvalue weighted by atomic mass is 35.5. The number of hydrogen-bond donors (Lipinski definition) is 1. The third kappa shape index (κ3) is 5.70. The van der Waals surface area contributed by atoms with Gasteiger partial charge >= 0.3 is 0 Å². The molecule has 0 spiro atoms. The van der Waals surface area contributed by atoms with Crippen LogP contribution in [0.1, 0.15) is 11.1 Å². The predicted octanol–water partition coefficient (Wildman–Crippen LogP) is 5.00. The predicted molar refractivity (Wildman–Crippen MR) is 136 cm³/mol. The van der Waals surface area contributed by atoms with Crippen molar-refractivity contribution in [1.29, 1.82) is 0 Å². The first-order valence-corrected chi connectivity index (χ1v) is 11.8. The van der Waals surface area contributed by atoms with Gasteiger partial charge in [0.15, 0.2) is 5.16 Å². The van der Waals surface area contributed by atoms with Crippen LogP contribution in [0, 0.1) is 0 Å². The summed E-state index contributed by atoms with van der Waals surface area (Å²) in [5.41, 5.74) is 6.23. The smallest absolute Gasteiger partial charge is 0.250 e. The summed E-state index contributed by atoms with van der Waals surface area (Å²) in [5, 5.41) is 5.51. The lowest BCUT2D eigenvalue weighted by atomic mass is 10.2. The standard InChI is InChI=1S/C25H23ClN4O3S/c1-32-20-11-12-23(33-2)18(13-20)14-27-29-24(31)16-34-25-28-21-5-3-4-6-22(21)30(25)15-17-7-9-19(26)10-8-17/h3-14H,15-16H2,1-2H3,(H,29,31)/b27-14-. The van der Waals surface area contributed by atoms with Crippen LogP contribution in [0.15, 0.2) is 77.0 Å². The first kappa shape index (κ1) is 23.7. The number of amides is 1. The summed E-state index contributed by atoms with van der Waals surface area (Å²) in [6.45, 7) is 0.620. The van der Waals surface area contributed by atoms with E-state index in [2.05, 4.69) is 15.1 Å². The molecule has 34 heavy (non-hydrogen) atoms. The largest absolute Gasteiger partial charge is 0.497 e. The first-order valence-electron chi connectivity index (χ1n) is 10.4. The van der Waals surface area contributed by atoms with Gasteiger partial charge < -0.3 is 14.0 Å². The Kier molecular flexibility index (Phi) is 7.72. The van der Waals surface area contributed by atoms with E-state index < -0.39 is 0 Å². The summed E-state index contributed by atoms with van der Waals surface area (Å²) in [6, 6.07) is 21.0. The summed E-state index contributed by atoms with van der Waals surface area (Å²) in [6.07, 6.45) is 1.53. The number of aromatic nitrogens is 2. The Labute approximate surface area is 206 Å². The van der Waals surface area contributed by atoms with E-state index in [9.17, 15) is 4.79 Å². The van der Waals surface area contributed by atoms with E-state index >= 15 is 0 Å². The Bertz CT molecular complexity index is 1320. The van der Waals surface area contributed by atoms with Gasteiger partial charge in [0.25, 0.3) is 5.91 Å². The Hall–Kier alpha value is -3.49. The molecule has 7 nitrogen and oxygen atoms in total. The summed E-state index contributed by atoms with van der Waals surface area (Å²) < 4.78 is 12.7. The molecule has 174 valence electrons. The van der Waals surface area contributed by atoms with Crippen molar-refractivity contribution in [3.63, 3.8) is 0 Å². The first-order chi connectivity index (χ1) is 16.6. The number of thioether (sulfide) groups is 1. The second kappa shape index (κ2) is 11.1. The van der Waals surface area contributed by atoms with E-state index in [0.29, 0.717) is 28.6 Å². The number of benzene rings is 3. The lowest BCUT2D eigenvalue weighted by Crippen LogP contribution is -2.20. The van der Waals surface area contributed by atoms with Crippen LogP contribution in [-0.4, -0.2) is 41.6 Å². The highest BCUT2D eigenvalue weighted by Crippen LogP contribution is 2.26. The van der Waals surface area contributed by atoms with Gasteiger partial charge in [-0.2, -0.15) is 5.10 Å². The molecule has 0 unspecified atom stereocenters. The highest BCUT2D eigenvalue weighted by Gasteiger charge is 2.13. The third-order valence-corrected chi connectivity index (χ3v) is 6.26. The Morgan fingerprint density at radius 3 is 2.68 bits per heavy atom. The number of carbonyl (C=O) groups is 1. The maximum Gasteiger partial charge on any atom is 0.250 e. The van der Waals surface area contributed by atoms with Crippen LogP contribution in [0.4, 0.5) is 0 Å². The van der Waals surface area contributed by atoms with E-state index in [4.69, 9.17) is 26.1 Å². The molecule has 1 amide bonds. The maximum atomic E-state index is 12.5. The molecule has 0 aliphatic heterocycles.